The van der Waals surface area contributed by atoms with Crippen LogP contribution >= 0.6 is 11.3 Å². The predicted octanol–water partition coefficient (Wildman–Crippen LogP) is 4.15. The van der Waals surface area contributed by atoms with Crippen LogP contribution in [0.4, 0.5) is 14.5 Å². The van der Waals surface area contributed by atoms with E-state index in [1.165, 1.54) is 23.5 Å². The van der Waals surface area contributed by atoms with Gasteiger partial charge in [-0.25, -0.2) is 4.98 Å². The van der Waals surface area contributed by atoms with Crippen molar-refractivity contribution >= 4 is 27.2 Å². The Balaban J connectivity index is 1.94. The number of halogens is 2. The number of hydrogen-bond acceptors (Lipinski definition) is 4. The van der Waals surface area contributed by atoms with Crippen LogP contribution in [-0.2, 0) is 0 Å². The minimum atomic E-state index is -2.81. The van der Waals surface area contributed by atoms with E-state index in [4.69, 9.17) is 5.73 Å². The van der Waals surface area contributed by atoms with Crippen molar-refractivity contribution in [2.45, 2.75) is 6.61 Å². The van der Waals surface area contributed by atoms with Crippen LogP contribution in [0.15, 0.2) is 42.5 Å². The molecule has 0 aliphatic heterocycles. The van der Waals surface area contributed by atoms with E-state index in [1.54, 1.807) is 18.2 Å². The smallest absolute Gasteiger partial charge is 0.387 e. The minimum Gasteiger partial charge on any atom is -0.435 e. The second-order valence-electron chi connectivity index (χ2n) is 4.15. The number of thiazole rings is 1. The van der Waals surface area contributed by atoms with Crippen LogP contribution in [-0.4, -0.2) is 11.6 Å². The molecule has 1 aromatic heterocycles. The van der Waals surface area contributed by atoms with E-state index >= 15 is 0 Å². The van der Waals surface area contributed by atoms with Crippen molar-refractivity contribution in [2.24, 2.45) is 0 Å². The molecule has 2 N–H and O–H groups in total. The lowest BCUT2D eigenvalue weighted by molar-refractivity contribution is -0.0498. The number of hydrogen-bond donors (Lipinski definition) is 1. The second kappa shape index (κ2) is 5.05. The largest absolute Gasteiger partial charge is 0.435 e. The summed E-state index contributed by atoms with van der Waals surface area (Å²) in [5.41, 5.74) is 8.14. The maximum absolute atomic E-state index is 12.1. The van der Waals surface area contributed by atoms with E-state index in [1.807, 2.05) is 12.1 Å². The Labute approximate surface area is 117 Å². The fraction of sp³-hybridized carbons (Fsp3) is 0.0714. The average Bonchev–Trinajstić information content (AvgIpc) is 2.81. The normalized spacial score (nSPS) is 11.2. The van der Waals surface area contributed by atoms with Crippen molar-refractivity contribution in [1.82, 2.24) is 4.98 Å². The molecular formula is C14H10F2N2OS. The lowest BCUT2D eigenvalue weighted by atomic mass is 10.2. The van der Waals surface area contributed by atoms with E-state index in [-0.39, 0.29) is 5.75 Å². The SMILES string of the molecule is Nc1ccc2nc(-c3ccc(OC(F)F)cc3)sc2c1. The van der Waals surface area contributed by atoms with Gasteiger partial charge in [0.25, 0.3) is 0 Å². The van der Waals surface area contributed by atoms with Crippen LogP contribution in [0.1, 0.15) is 0 Å². The molecule has 0 spiro atoms. The minimum absolute atomic E-state index is 0.133. The number of aromatic nitrogens is 1. The highest BCUT2D eigenvalue weighted by molar-refractivity contribution is 7.21. The van der Waals surface area contributed by atoms with Gasteiger partial charge in [0.15, 0.2) is 0 Å². The van der Waals surface area contributed by atoms with Gasteiger partial charge >= 0.3 is 6.61 Å². The summed E-state index contributed by atoms with van der Waals surface area (Å²) in [6.45, 7) is -2.81. The van der Waals surface area contributed by atoms with E-state index < -0.39 is 6.61 Å². The number of benzene rings is 2. The lowest BCUT2D eigenvalue weighted by Crippen LogP contribution is -2.01. The Morgan fingerprint density at radius 1 is 1.10 bits per heavy atom. The molecule has 0 amide bonds. The standard InChI is InChI=1S/C14H10F2N2OS/c15-14(16)19-10-4-1-8(2-5-10)13-18-11-6-3-9(17)7-12(11)20-13/h1-7,14H,17H2. The van der Waals surface area contributed by atoms with Crippen LogP contribution < -0.4 is 10.5 Å². The zero-order valence-electron chi connectivity index (χ0n) is 10.2. The number of nitrogens with two attached hydrogens (primary N) is 1. The first-order valence-corrected chi connectivity index (χ1v) is 6.65. The molecule has 6 heteroatoms. The molecule has 0 radical (unpaired) electrons. The van der Waals surface area contributed by atoms with Crippen molar-refractivity contribution in [3.8, 4) is 16.3 Å². The van der Waals surface area contributed by atoms with Gasteiger partial charge in [-0.05, 0) is 42.5 Å². The Bertz CT molecular complexity index is 741. The first kappa shape index (κ1) is 12.8. The molecule has 20 heavy (non-hydrogen) atoms. The highest BCUT2D eigenvalue weighted by Gasteiger charge is 2.08. The van der Waals surface area contributed by atoms with Crippen molar-refractivity contribution < 1.29 is 13.5 Å². The topological polar surface area (TPSA) is 48.1 Å². The Morgan fingerprint density at radius 2 is 1.85 bits per heavy atom. The van der Waals surface area contributed by atoms with Crippen LogP contribution in [0.3, 0.4) is 0 Å². The summed E-state index contributed by atoms with van der Waals surface area (Å²) in [6, 6.07) is 11.9. The van der Waals surface area contributed by atoms with Gasteiger partial charge in [0, 0.05) is 11.3 Å². The molecule has 102 valence electrons. The first-order chi connectivity index (χ1) is 9.61. The van der Waals surface area contributed by atoms with Crippen molar-refractivity contribution in [1.29, 1.82) is 0 Å². The highest BCUT2D eigenvalue weighted by atomic mass is 32.1. The quantitative estimate of drug-likeness (QED) is 0.738. The maximum Gasteiger partial charge on any atom is 0.387 e. The average molecular weight is 292 g/mol. The molecule has 0 atom stereocenters. The Hall–Kier alpha value is -2.21. The van der Waals surface area contributed by atoms with Gasteiger partial charge in [-0.3, -0.25) is 0 Å². The number of nitrogens with zero attached hydrogens (tertiary/aromatic N) is 1. The van der Waals surface area contributed by atoms with E-state index in [2.05, 4.69) is 9.72 Å². The molecule has 0 aliphatic carbocycles. The highest BCUT2D eigenvalue weighted by Crippen LogP contribution is 2.32. The fourth-order valence-corrected chi connectivity index (χ4v) is 2.86. The van der Waals surface area contributed by atoms with Crippen LogP contribution in [0.5, 0.6) is 5.75 Å². The van der Waals surface area contributed by atoms with Crippen LogP contribution in [0.2, 0.25) is 0 Å². The monoisotopic (exact) mass is 292 g/mol. The number of nitrogen functional groups attached to an aromatic ring is 1. The molecule has 0 bridgehead atoms. The third-order valence-electron chi connectivity index (χ3n) is 2.74. The zero-order chi connectivity index (χ0) is 14.1. The van der Waals surface area contributed by atoms with Gasteiger partial charge in [0.1, 0.15) is 10.8 Å². The predicted molar refractivity (Wildman–Crippen MR) is 76.1 cm³/mol. The Kier molecular flexibility index (Phi) is 3.23. The molecule has 2 aromatic carbocycles. The second-order valence-corrected chi connectivity index (χ2v) is 5.18. The molecule has 0 fully saturated rings. The molecule has 3 nitrogen and oxygen atoms in total. The maximum atomic E-state index is 12.1. The molecule has 3 aromatic rings. The summed E-state index contributed by atoms with van der Waals surface area (Å²) in [7, 11) is 0. The molecule has 0 unspecified atom stereocenters. The van der Waals surface area contributed by atoms with Crippen molar-refractivity contribution in [3.05, 3.63) is 42.5 Å². The lowest BCUT2D eigenvalue weighted by Gasteiger charge is -2.04. The summed E-state index contributed by atoms with van der Waals surface area (Å²) in [6.07, 6.45) is 0. The van der Waals surface area contributed by atoms with Gasteiger partial charge in [-0.15, -0.1) is 11.3 Å². The number of ether oxygens (including phenoxy) is 1. The fourth-order valence-electron chi connectivity index (χ4n) is 1.84. The van der Waals surface area contributed by atoms with E-state index in [0.29, 0.717) is 5.69 Å². The van der Waals surface area contributed by atoms with E-state index in [9.17, 15) is 8.78 Å². The first-order valence-electron chi connectivity index (χ1n) is 5.83. The molecule has 0 saturated carbocycles. The summed E-state index contributed by atoms with van der Waals surface area (Å²) in [5.74, 6) is 0.133. The summed E-state index contributed by atoms with van der Waals surface area (Å²) < 4.78 is 29.5. The van der Waals surface area contributed by atoms with E-state index in [0.717, 1.165) is 20.8 Å². The number of anilines is 1. The Morgan fingerprint density at radius 3 is 2.55 bits per heavy atom. The molecule has 0 saturated heterocycles. The molecule has 3 rings (SSSR count). The van der Waals surface area contributed by atoms with Gasteiger partial charge in [-0.1, -0.05) is 0 Å². The van der Waals surface area contributed by atoms with Crippen molar-refractivity contribution in [2.75, 3.05) is 5.73 Å². The van der Waals surface area contributed by atoms with Crippen LogP contribution in [0, 0.1) is 0 Å². The van der Waals surface area contributed by atoms with Gasteiger partial charge < -0.3 is 10.5 Å². The summed E-state index contributed by atoms with van der Waals surface area (Å²) >= 11 is 1.50. The summed E-state index contributed by atoms with van der Waals surface area (Å²) in [5, 5.41) is 0.814. The summed E-state index contributed by atoms with van der Waals surface area (Å²) in [4.78, 5) is 4.49. The van der Waals surface area contributed by atoms with Crippen molar-refractivity contribution in [3.63, 3.8) is 0 Å². The zero-order valence-corrected chi connectivity index (χ0v) is 11.0. The third kappa shape index (κ3) is 2.55. The van der Waals surface area contributed by atoms with Gasteiger partial charge in [0.2, 0.25) is 0 Å². The molecular weight excluding hydrogens is 282 g/mol. The van der Waals surface area contributed by atoms with Crippen LogP contribution in [0.25, 0.3) is 20.8 Å². The van der Waals surface area contributed by atoms with Gasteiger partial charge in [-0.2, -0.15) is 8.78 Å². The molecule has 0 aliphatic rings. The number of rotatable bonds is 3. The van der Waals surface area contributed by atoms with Gasteiger partial charge in [0.05, 0.1) is 10.2 Å². The molecule has 1 heterocycles. The number of alkyl halides is 2. The number of fused-ring (bicyclic) bond motifs is 1. The third-order valence-corrected chi connectivity index (χ3v) is 3.81.